The number of piperazine rings is 1. The number of benzene rings is 1. The van der Waals surface area contributed by atoms with Crippen LogP contribution in [0.4, 0.5) is 13.2 Å². The fourth-order valence-corrected chi connectivity index (χ4v) is 3.85. The van der Waals surface area contributed by atoms with E-state index in [4.69, 9.17) is 0 Å². The van der Waals surface area contributed by atoms with Crippen LogP contribution < -0.4 is 5.32 Å². The highest BCUT2D eigenvalue weighted by molar-refractivity contribution is 5.85. The molecule has 2 heterocycles. The number of piperidine rings is 1. The Morgan fingerprint density at radius 3 is 2.57 bits per heavy atom. The number of nitrogens with zero attached hydrogens (tertiary/aromatic N) is 2. The lowest BCUT2D eigenvalue weighted by atomic mass is 9.93. The van der Waals surface area contributed by atoms with Gasteiger partial charge < -0.3 is 15.1 Å². The molecule has 1 aromatic carbocycles. The number of carbonyl (C=O) groups is 2. The second-order valence-electron chi connectivity index (χ2n) is 7.11. The van der Waals surface area contributed by atoms with E-state index in [1.54, 1.807) is 23.1 Å². The zero-order valence-corrected chi connectivity index (χ0v) is 16.3. The third-order valence-corrected chi connectivity index (χ3v) is 5.29. The molecule has 0 radical (unpaired) electrons. The van der Waals surface area contributed by atoms with Crippen LogP contribution in [-0.2, 0) is 9.59 Å². The standard InChI is InChI=1S/C19H24F3N3O2.ClH/c20-19(21,22)16(14-5-2-1-3-6-14)11-17(26)24-9-4-7-15(13-24)25-10-8-23-12-18(25)27;/h1-3,5-6,15-16,23H,4,7-13H2;1H. The van der Waals surface area contributed by atoms with E-state index >= 15 is 0 Å². The lowest BCUT2D eigenvalue weighted by molar-refractivity contribution is -0.161. The zero-order chi connectivity index (χ0) is 19.4. The summed E-state index contributed by atoms with van der Waals surface area (Å²) in [7, 11) is 0. The SMILES string of the molecule is Cl.O=C(CC(c1ccccc1)C(F)(F)F)N1CCCC(N2CCNCC2=O)C1. The summed E-state index contributed by atoms with van der Waals surface area (Å²) >= 11 is 0. The molecule has 2 atom stereocenters. The first-order valence-electron chi connectivity index (χ1n) is 9.26. The van der Waals surface area contributed by atoms with E-state index in [2.05, 4.69) is 5.32 Å². The molecule has 0 spiro atoms. The van der Waals surface area contributed by atoms with E-state index in [9.17, 15) is 22.8 Å². The van der Waals surface area contributed by atoms with Crippen LogP contribution in [-0.4, -0.2) is 66.6 Å². The predicted molar refractivity (Wildman–Crippen MR) is 101 cm³/mol. The maximum atomic E-state index is 13.5. The number of hydrogen-bond acceptors (Lipinski definition) is 3. The van der Waals surface area contributed by atoms with E-state index in [1.807, 2.05) is 0 Å². The largest absolute Gasteiger partial charge is 0.396 e. The van der Waals surface area contributed by atoms with Crippen LogP contribution in [0.5, 0.6) is 0 Å². The van der Waals surface area contributed by atoms with Gasteiger partial charge in [0, 0.05) is 38.6 Å². The lowest BCUT2D eigenvalue weighted by Crippen LogP contribution is -2.57. The number of likely N-dealkylation sites (tertiary alicyclic amines) is 1. The van der Waals surface area contributed by atoms with Gasteiger partial charge in [0.2, 0.25) is 11.8 Å². The smallest absolute Gasteiger partial charge is 0.341 e. The van der Waals surface area contributed by atoms with Gasteiger partial charge in [-0.25, -0.2) is 0 Å². The second-order valence-corrected chi connectivity index (χ2v) is 7.11. The van der Waals surface area contributed by atoms with Gasteiger partial charge in [-0.3, -0.25) is 9.59 Å². The minimum atomic E-state index is -4.49. The van der Waals surface area contributed by atoms with Crippen LogP contribution in [0.3, 0.4) is 0 Å². The van der Waals surface area contributed by atoms with E-state index in [-0.39, 0.29) is 36.5 Å². The van der Waals surface area contributed by atoms with Crippen molar-refractivity contribution in [1.82, 2.24) is 15.1 Å². The summed E-state index contributed by atoms with van der Waals surface area (Å²) in [6, 6.07) is 7.45. The van der Waals surface area contributed by atoms with Crippen LogP contribution >= 0.6 is 12.4 Å². The van der Waals surface area contributed by atoms with Crippen LogP contribution in [0, 0.1) is 0 Å². The van der Waals surface area contributed by atoms with Crippen LogP contribution in [0.2, 0.25) is 0 Å². The molecule has 1 N–H and O–H groups in total. The maximum Gasteiger partial charge on any atom is 0.396 e. The van der Waals surface area contributed by atoms with Crippen molar-refractivity contribution in [3.63, 3.8) is 0 Å². The van der Waals surface area contributed by atoms with Gasteiger partial charge in [0.25, 0.3) is 0 Å². The van der Waals surface area contributed by atoms with Gasteiger partial charge in [-0.05, 0) is 18.4 Å². The molecule has 1 aromatic rings. The van der Waals surface area contributed by atoms with Crippen molar-refractivity contribution in [1.29, 1.82) is 0 Å². The van der Waals surface area contributed by atoms with Gasteiger partial charge >= 0.3 is 6.18 Å². The second kappa shape index (κ2) is 9.60. The predicted octanol–water partition coefficient (Wildman–Crippen LogP) is 2.57. The summed E-state index contributed by atoms with van der Waals surface area (Å²) in [5.41, 5.74) is 0.101. The minimum absolute atomic E-state index is 0. The first-order valence-corrected chi connectivity index (χ1v) is 9.26. The molecule has 2 saturated heterocycles. The van der Waals surface area contributed by atoms with Crippen molar-refractivity contribution in [2.75, 3.05) is 32.7 Å². The van der Waals surface area contributed by atoms with E-state index in [1.165, 1.54) is 17.0 Å². The highest BCUT2D eigenvalue weighted by Gasteiger charge is 2.43. The molecule has 156 valence electrons. The number of carbonyl (C=O) groups excluding carboxylic acids is 2. The molecule has 5 nitrogen and oxygen atoms in total. The Labute approximate surface area is 168 Å². The lowest BCUT2D eigenvalue weighted by Gasteiger charge is -2.41. The molecule has 9 heteroatoms. The highest BCUT2D eigenvalue weighted by Crippen LogP contribution is 2.38. The molecule has 3 rings (SSSR count). The number of halogens is 4. The molecule has 2 unspecified atom stereocenters. The minimum Gasteiger partial charge on any atom is -0.341 e. The maximum absolute atomic E-state index is 13.5. The van der Waals surface area contributed by atoms with Crippen molar-refractivity contribution >= 4 is 24.2 Å². The Bertz CT molecular complexity index is 672. The van der Waals surface area contributed by atoms with Crippen LogP contribution in [0.15, 0.2) is 30.3 Å². The fraction of sp³-hybridized carbons (Fsp3) is 0.579. The Hall–Kier alpha value is -1.80. The average Bonchev–Trinajstić information content (AvgIpc) is 2.66. The Morgan fingerprint density at radius 1 is 1.21 bits per heavy atom. The summed E-state index contributed by atoms with van der Waals surface area (Å²) in [6.07, 6.45) is -3.62. The molecule has 0 aromatic heterocycles. The van der Waals surface area contributed by atoms with Crippen molar-refractivity contribution in [3.05, 3.63) is 35.9 Å². The molecule has 0 bridgehead atoms. The normalized spacial score (nSPS) is 21.8. The Morgan fingerprint density at radius 2 is 1.93 bits per heavy atom. The third kappa shape index (κ3) is 5.38. The molecular weight excluding hydrogens is 395 g/mol. The molecule has 0 aliphatic carbocycles. The van der Waals surface area contributed by atoms with Gasteiger partial charge in [0.1, 0.15) is 0 Å². The number of hydrogen-bond donors (Lipinski definition) is 1. The van der Waals surface area contributed by atoms with Crippen molar-refractivity contribution in [2.24, 2.45) is 0 Å². The average molecular weight is 420 g/mol. The van der Waals surface area contributed by atoms with E-state index in [0.29, 0.717) is 32.6 Å². The van der Waals surface area contributed by atoms with Gasteiger partial charge in [-0.1, -0.05) is 30.3 Å². The molecule has 2 aliphatic heterocycles. The van der Waals surface area contributed by atoms with Gasteiger partial charge in [-0.15, -0.1) is 12.4 Å². The van der Waals surface area contributed by atoms with Crippen molar-refractivity contribution < 1.29 is 22.8 Å². The first-order chi connectivity index (χ1) is 12.9. The van der Waals surface area contributed by atoms with Crippen molar-refractivity contribution in [3.8, 4) is 0 Å². The first kappa shape index (κ1) is 22.5. The monoisotopic (exact) mass is 419 g/mol. The molecule has 2 fully saturated rings. The van der Waals surface area contributed by atoms with E-state index in [0.717, 1.165) is 6.42 Å². The quantitative estimate of drug-likeness (QED) is 0.816. The molecular formula is C19H25ClF3N3O2. The number of rotatable bonds is 4. The van der Waals surface area contributed by atoms with Gasteiger partial charge in [0.05, 0.1) is 12.5 Å². The van der Waals surface area contributed by atoms with E-state index < -0.39 is 24.4 Å². The summed E-state index contributed by atoms with van der Waals surface area (Å²) < 4.78 is 40.6. The van der Waals surface area contributed by atoms with Crippen LogP contribution in [0.25, 0.3) is 0 Å². The Kier molecular flexibility index (Phi) is 7.71. The number of alkyl halides is 3. The van der Waals surface area contributed by atoms with Gasteiger partial charge in [0.15, 0.2) is 0 Å². The summed E-state index contributed by atoms with van der Waals surface area (Å²) in [5, 5.41) is 3.00. The summed E-state index contributed by atoms with van der Waals surface area (Å²) in [6.45, 7) is 2.29. The zero-order valence-electron chi connectivity index (χ0n) is 15.5. The number of amides is 2. The molecule has 28 heavy (non-hydrogen) atoms. The van der Waals surface area contributed by atoms with Crippen molar-refractivity contribution in [2.45, 2.75) is 37.4 Å². The van der Waals surface area contributed by atoms with Crippen LogP contribution in [0.1, 0.15) is 30.7 Å². The highest BCUT2D eigenvalue weighted by atomic mass is 35.5. The number of nitrogens with one attached hydrogen (secondary N) is 1. The molecule has 2 amide bonds. The topological polar surface area (TPSA) is 52.7 Å². The molecule has 2 aliphatic rings. The summed E-state index contributed by atoms with van der Waals surface area (Å²) in [5.74, 6) is -2.33. The van der Waals surface area contributed by atoms with Gasteiger partial charge in [-0.2, -0.15) is 13.2 Å². The molecule has 0 saturated carbocycles. The Balaban J connectivity index is 0.00000280. The summed E-state index contributed by atoms with van der Waals surface area (Å²) in [4.78, 5) is 28.0. The third-order valence-electron chi connectivity index (χ3n) is 5.29. The fourth-order valence-electron chi connectivity index (χ4n) is 3.85.